The van der Waals surface area contributed by atoms with Crippen molar-refractivity contribution >= 4 is 6.03 Å². The van der Waals surface area contributed by atoms with Gasteiger partial charge in [-0.2, -0.15) is 0 Å². The van der Waals surface area contributed by atoms with E-state index in [-0.39, 0.29) is 11.4 Å². The zero-order valence-electron chi connectivity index (χ0n) is 10.1. The molecule has 15 heavy (non-hydrogen) atoms. The van der Waals surface area contributed by atoms with Gasteiger partial charge >= 0.3 is 6.03 Å². The Balaban J connectivity index is 2.31. The highest BCUT2D eigenvalue weighted by Gasteiger charge is 2.27. The van der Waals surface area contributed by atoms with E-state index in [1.54, 1.807) is 4.90 Å². The molecule has 1 heterocycles. The topological polar surface area (TPSA) is 44.4 Å². The molecule has 2 amide bonds. The maximum Gasteiger partial charge on any atom is 0.317 e. The van der Waals surface area contributed by atoms with Gasteiger partial charge in [0.1, 0.15) is 0 Å². The van der Waals surface area contributed by atoms with Gasteiger partial charge in [0.25, 0.3) is 0 Å². The van der Waals surface area contributed by atoms with Crippen LogP contribution < -0.4 is 10.6 Å². The van der Waals surface area contributed by atoms with Crippen molar-refractivity contribution in [1.82, 2.24) is 15.5 Å². The third-order valence-corrected chi connectivity index (χ3v) is 3.30. The Kier molecular flexibility index (Phi) is 4.39. The first-order valence-corrected chi connectivity index (χ1v) is 5.77. The second-order valence-electron chi connectivity index (χ2n) is 4.73. The Morgan fingerprint density at radius 1 is 1.47 bits per heavy atom. The lowest BCUT2D eigenvalue weighted by molar-refractivity contribution is 0.188. The van der Waals surface area contributed by atoms with Gasteiger partial charge in [-0.3, -0.25) is 0 Å². The summed E-state index contributed by atoms with van der Waals surface area (Å²) in [6.45, 7) is 7.90. The normalized spacial score (nSPS) is 19.7. The number of amides is 2. The van der Waals surface area contributed by atoms with Crippen molar-refractivity contribution in [3.8, 4) is 0 Å². The molecule has 0 aromatic rings. The predicted octanol–water partition coefficient (Wildman–Crippen LogP) is 1.04. The maximum atomic E-state index is 11.6. The van der Waals surface area contributed by atoms with Crippen molar-refractivity contribution in [2.24, 2.45) is 5.41 Å². The molecule has 1 aliphatic heterocycles. The van der Waals surface area contributed by atoms with Gasteiger partial charge in [-0.1, -0.05) is 6.92 Å². The Morgan fingerprint density at radius 3 is 2.60 bits per heavy atom. The Bertz CT molecular complexity index is 212. The summed E-state index contributed by atoms with van der Waals surface area (Å²) in [5.74, 6) is 0. The van der Waals surface area contributed by atoms with Crippen LogP contribution in [0.1, 0.15) is 26.7 Å². The first-order chi connectivity index (χ1) is 7.07. The lowest BCUT2D eigenvalue weighted by Gasteiger charge is -2.34. The van der Waals surface area contributed by atoms with Crippen molar-refractivity contribution < 1.29 is 4.79 Å². The van der Waals surface area contributed by atoms with Crippen LogP contribution in [0.3, 0.4) is 0 Å². The minimum atomic E-state index is 0.0391. The summed E-state index contributed by atoms with van der Waals surface area (Å²) < 4.78 is 0. The molecule has 88 valence electrons. The molecule has 0 saturated carbocycles. The molecule has 1 saturated heterocycles. The largest absolute Gasteiger partial charge is 0.337 e. The SMILES string of the molecule is CCN(C)C(=O)NCC1(C)CCNCC1. The molecular formula is C11H23N3O. The lowest BCUT2D eigenvalue weighted by Crippen LogP contribution is -2.46. The van der Waals surface area contributed by atoms with Crippen molar-refractivity contribution in [1.29, 1.82) is 0 Å². The van der Waals surface area contributed by atoms with Crippen molar-refractivity contribution in [2.45, 2.75) is 26.7 Å². The molecule has 0 spiro atoms. The van der Waals surface area contributed by atoms with E-state index in [1.807, 2.05) is 14.0 Å². The number of nitrogens with one attached hydrogen (secondary N) is 2. The van der Waals surface area contributed by atoms with Crippen LogP contribution in [0.4, 0.5) is 4.79 Å². The van der Waals surface area contributed by atoms with Crippen LogP contribution in [0.25, 0.3) is 0 Å². The fourth-order valence-electron chi connectivity index (χ4n) is 1.77. The number of rotatable bonds is 3. The van der Waals surface area contributed by atoms with Crippen LogP contribution in [-0.2, 0) is 0 Å². The molecule has 1 rings (SSSR count). The molecule has 4 heteroatoms. The number of hydrogen-bond acceptors (Lipinski definition) is 2. The molecule has 0 aromatic carbocycles. The Hall–Kier alpha value is -0.770. The quantitative estimate of drug-likeness (QED) is 0.735. The smallest absolute Gasteiger partial charge is 0.317 e. The van der Waals surface area contributed by atoms with E-state index < -0.39 is 0 Å². The Morgan fingerprint density at radius 2 is 2.07 bits per heavy atom. The fraction of sp³-hybridized carbons (Fsp3) is 0.909. The fourth-order valence-corrected chi connectivity index (χ4v) is 1.77. The summed E-state index contributed by atoms with van der Waals surface area (Å²) in [5.41, 5.74) is 0.273. The number of carbonyl (C=O) groups excluding carboxylic acids is 1. The van der Waals surface area contributed by atoms with Crippen LogP contribution in [0.2, 0.25) is 0 Å². The summed E-state index contributed by atoms with van der Waals surface area (Å²) in [7, 11) is 1.82. The summed E-state index contributed by atoms with van der Waals surface area (Å²) in [5, 5.41) is 6.34. The molecule has 1 aliphatic rings. The van der Waals surface area contributed by atoms with Gasteiger partial charge in [-0.15, -0.1) is 0 Å². The summed E-state index contributed by atoms with van der Waals surface area (Å²) in [4.78, 5) is 13.3. The minimum absolute atomic E-state index is 0.0391. The zero-order chi connectivity index (χ0) is 11.3. The van der Waals surface area contributed by atoms with E-state index in [4.69, 9.17) is 0 Å². The van der Waals surface area contributed by atoms with E-state index in [2.05, 4.69) is 17.6 Å². The highest BCUT2D eigenvalue weighted by atomic mass is 16.2. The van der Waals surface area contributed by atoms with Gasteiger partial charge in [-0.05, 0) is 38.3 Å². The number of nitrogens with zero attached hydrogens (tertiary/aromatic N) is 1. The van der Waals surface area contributed by atoms with Gasteiger partial charge in [-0.25, -0.2) is 4.79 Å². The zero-order valence-corrected chi connectivity index (χ0v) is 10.1. The molecule has 2 N–H and O–H groups in total. The minimum Gasteiger partial charge on any atom is -0.337 e. The molecule has 0 aromatic heterocycles. The van der Waals surface area contributed by atoms with E-state index in [9.17, 15) is 4.79 Å². The van der Waals surface area contributed by atoms with Crippen LogP contribution in [0, 0.1) is 5.41 Å². The summed E-state index contributed by atoms with van der Waals surface area (Å²) in [6.07, 6.45) is 2.28. The van der Waals surface area contributed by atoms with Gasteiger partial charge < -0.3 is 15.5 Å². The van der Waals surface area contributed by atoms with Crippen LogP contribution in [0.15, 0.2) is 0 Å². The van der Waals surface area contributed by atoms with Crippen LogP contribution in [-0.4, -0.2) is 44.2 Å². The molecule has 4 nitrogen and oxygen atoms in total. The number of hydrogen-bond donors (Lipinski definition) is 2. The average Bonchev–Trinajstić information content (AvgIpc) is 2.26. The second kappa shape index (κ2) is 5.35. The highest BCUT2D eigenvalue weighted by Crippen LogP contribution is 2.26. The lowest BCUT2D eigenvalue weighted by atomic mass is 9.81. The third-order valence-electron chi connectivity index (χ3n) is 3.30. The first kappa shape index (κ1) is 12.3. The van der Waals surface area contributed by atoms with Crippen molar-refractivity contribution in [2.75, 3.05) is 33.2 Å². The van der Waals surface area contributed by atoms with Crippen molar-refractivity contribution in [3.05, 3.63) is 0 Å². The van der Waals surface area contributed by atoms with Gasteiger partial charge in [0.15, 0.2) is 0 Å². The summed E-state index contributed by atoms with van der Waals surface area (Å²) >= 11 is 0. The van der Waals surface area contributed by atoms with Gasteiger partial charge in [0.2, 0.25) is 0 Å². The maximum absolute atomic E-state index is 11.6. The average molecular weight is 213 g/mol. The Labute approximate surface area is 92.4 Å². The second-order valence-corrected chi connectivity index (χ2v) is 4.73. The van der Waals surface area contributed by atoms with Gasteiger partial charge in [0, 0.05) is 20.1 Å². The van der Waals surface area contributed by atoms with Crippen LogP contribution >= 0.6 is 0 Å². The van der Waals surface area contributed by atoms with E-state index in [1.165, 1.54) is 0 Å². The molecule has 0 radical (unpaired) electrons. The van der Waals surface area contributed by atoms with Gasteiger partial charge in [0.05, 0.1) is 0 Å². The number of piperidine rings is 1. The molecule has 0 aliphatic carbocycles. The third kappa shape index (κ3) is 3.70. The molecular weight excluding hydrogens is 190 g/mol. The molecule has 0 unspecified atom stereocenters. The van der Waals surface area contributed by atoms with Crippen LogP contribution in [0.5, 0.6) is 0 Å². The monoisotopic (exact) mass is 213 g/mol. The number of carbonyl (C=O) groups is 1. The standard InChI is InChI=1S/C11H23N3O/c1-4-14(3)10(15)13-9-11(2)5-7-12-8-6-11/h12H,4-9H2,1-3H3,(H,13,15). The summed E-state index contributed by atoms with van der Waals surface area (Å²) in [6, 6.07) is 0.0391. The predicted molar refractivity (Wildman–Crippen MR) is 61.9 cm³/mol. The molecule has 1 fully saturated rings. The molecule has 0 bridgehead atoms. The van der Waals surface area contributed by atoms with E-state index in [0.29, 0.717) is 0 Å². The number of urea groups is 1. The van der Waals surface area contributed by atoms with E-state index >= 15 is 0 Å². The van der Waals surface area contributed by atoms with Crippen molar-refractivity contribution in [3.63, 3.8) is 0 Å². The van der Waals surface area contributed by atoms with E-state index in [0.717, 1.165) is 39.0 Å². The molecule has 0 atom stereocenters. The first-order valence-electron chi connectivity index (χ1n) is 5.77. The highest BCUT2D eigenvalue weighted by molar-refractivity contribution is 5.73.